The van der Waals surface area contributed by atoms with Crippen LogP contribution in [0.3, 0.4) is 0 Å². The third-order valence-electron chi connectivity index (χ3n) is 5.79. The van der Waals surface area contributed by atoms with Gasteiger partial charge in [-0.25, -0.2) is 0 Å². The summed E-state index contributed by atoms with van der Waals surface area (Å²) in [4.78, 5) is 17.4. The lowest BCUT2D eigenvalue weighted by Crippen LogP contribution is -2.52. The summed E-state index contributed by atoms with van der Waals surface area (Å²) in [5.74, 6) is 1.18. The molecule has 4 heteroatoms. The van der Waals surface area contributed by atoms with Crippen LogP contribution in [0.2, 0.25) is 0 Å². The van der Waals surface area contributed by atoms with Gasteiger partial charge in [-0.15, -0.1) is 0 Å². The number of piperidine rings is 2. The molecule has 3 aliphatic heterocycles. The molecule has 3 aliphatic rings. The third-order valence-corrected chi connectivity index (χ3v) is 5.79. The molecule has 120 valence electrons. The Labute approximate surface area is 129 Å². The molecule has 0 aromatic heterocycles. The Bertz CT molecular complexity index is 348. The number of hydrogen-bond acceptors (Lipinski definition) is 3. The van der Waals surface area contributed by atoms with Crippen LogP contribution in [0.25, 0.3) is 0 Å². The minimum absolute atomic E-state index is 0.0884. The largest absolute Gasteiger partial charge is 0.341 e. The van der Waals surface area contributed by atoms with Crippen molar-refractivity contribution in [3.8, 4) is 0 Å². The van der Waals surface area contributed by atoms with Gasteiger partial charge in [0.2, 0.25) is 5.91 Å². The van der Waals surface area contributed by atoms with Crippen LogP contribution in [-0.4, -0.2) is 60.5 Å². The van der Waals surface area contributed by atoms with E-state index in [1.54, 1.807) is 0 Å². The van der Waals surface area contributed by atoms with Crippen molar-refractivity contribution < 1.29 is 4.79 Å². The van der Waals surface area contributed by atoms with Gasteiger partial charge in [0.05, 0.1) is 6.04 Å². The van der Waals surface area contributed by atoms with E-state index in [-0.39, 0.29) is 6.04 Å². The summed E-state index contributed by atoms with van der Waals surface area (Å²) < 4.78 is 0. The first-order chi connectivity index (χ1) is 10.3. The highest BCUT2D eigenvalue weighted by molar-refractivity contribution is 5.81. The third kappa shape index (κ3) is 3.42. The van der Waals surface area contributed by atoms with Gasteiger partial charge >= 0.3 is 0 Å². The molecule has 0 saturated carbocycles. The normalized spacial score (nSPS) is 30.5. The summed E-state index contributed by atoms with van der Waals surface area (Å²) in [6, 6.07) is 0.737. The number of carbonyl (C=O) groups excluding carboxylic acids is 1. The average Bonchev–Trinajstić information content (AvgIpc) is 3.04. The predicted molar refractivity (Wildman–Crippen MR) is 85.2 cm³/mol. The van der Waals surface area contributed by atoms with Crippen molar-refractivity contribution >= 4 is 5.91 Å². The van der Waals surface area contributed by atoms with Gasteiger partial charge in [-0.1, -0.05) is 0 Å². The number of carbonyl (C=O) groups is 1. The quantitative estimate of drug-likeness (QED) is 0.862. The summed E-state index contributed by atoms with van der Waals surface area (Å²) in [5.41, 5.74) is 0. The van der Waals surface area contributed by atoms with Crippen molar-refractivity contribution in [3.63, 3.8) is 0 Å². The molecule has 0 aromatic carbocycles. The van der Waals surface area contributed by atoms with E-state index in [9.17, 15) is 4.79 Å². The Kier molecular flexibility index (Phi) is 5.17. The molecular formula is C17H31N3O. The van der Waals surface area contributed by atoms with Crippen LogP contribution in [-0.2, 0) is 4.79 Å². The first kappa shape index (κ1) is 15.3. The molecule has 0 bridgehead atoms. The van der Waals surface area contributed by atoms with E-state index < -0.39 is 0 Å². The Hall–Kier alpha value is -0.610. The molecular weight excluding hydrogens is 262 g/mol. The molecule has 1 amide bonds. The van der Waals surface area contributed by atoms with Crippen molar-refractivity contribution in [2.24, 2.45) is 5.92 Å². The topological polar surface area (TPSA) is 35.6 Å². The minimum Gasteiger partial charge on any atom is -0.341 e. The second kappa shape index (κ2) is 7.10. The summed E-state index contributed by atoms with van der Waals surface area (Å²) >= 11 is 0. The van der Waals surface area contributed by atoms with Gasteiger partial charge in [-0.3, -0.25) is 9.69 Å². The van der Waals surface area contributed by atoms with E-state index in [1.807, 2.05) is 0 Å². The molecule has 3 saturated heterocycles. The van der Waals surface area contributed by atoms with Crippen molar-refractivity contribution in [1.29, 1.82) is 0 Å². The Balaban J connectivity index is 1.61. The lowest BCUT2D eigenvalue weighted by Gasteiger charge is -2.39. The zero-order valence-corrected chi connectivity index (χ0v) is 13.5. The zero-order valence-electron chi connectivity index (χ0n) is 13.5. The Morgan fingerprint density at radius 3 is 2.43 bits per heavy atom. The van der Waals surface area contributed by atoms with Crippen molar-refractivity contribution in [2.75, 3.05) is 32.7 Å². The molecule has 0 spiro atoms. The van der Waals surface area contributed by atoms with E-state index in [4.69, 9.17) is 0 Å². The van der Waals surface area contributed by atoms with Crippen molar-refractivity contribution in [2.45, 2.75) is 64.0 Å². The lowest BCUT2D eigenvalue weighted by molar-refractivity contribution is -0.138. The first-order valence-electron chi connectivity index (χ1n) is 9.02. The molecule has 0 aromatic rings. The van der Waals surface area contributed by atoms with Crippen LogP contribution in [0.5, 0.6) is 0 Å². The monoisotopic (exact) mass is 293 g/mol. The van der Waals surface area contributed by atoms with Crippen LogP contribution < -0.4 is 5.32 Å². The smallest absolute Gasteiger partial charge is 0.239 e. The van der Waals surface area contributed by atoms with Gasteiger partial charge < -0.3 is 10.2 Å². The SMILES string of the molecule is CC(C(=O)N1CCCCC1)N1CCCC1C1CCNCC1. The molecule has 3 heterocycles. The molecule has 2 unspecified atom stereocenters. The zero-order chi connectivity index (χ0) is 14.7. The van der Waals surface area contributed by atoms with Gasteiger partial charge in [0, 0.05) is 19.1 Å². The fourth-order valence-electron chi connectivity index (χ4n) is 4.55. The van der Waals surface area contributed by atoms with Gasteiger partial charge in [0.15, 0.2) is 0 Å². The first-order valence-corrected chi connectivity index (χ1v) is 9.02. The Morgan fingerprint density at radius 2 is 1.71 bits per heavy atom. The molecule has 4 nitrogen and oxygen atoms in total. The highest BCUT2D eigenvalue weighted by atomic mass is 16.2. The number of likely N-dealkylation sites (tertiary alicyclic amines) is 2. The second-order valence-corrected chi connectivity index (χ2v) is 7.10. The van der Waals surface area contributed by atoms with Gasteiger partial charge in [-0.05, 0) is 77.4 Å². The van der Waals surface area contributed by atoms with E-state index in [0.29, 0.717) is 11.9 Å². The van der Waals surface area contributed by atoms with E-state index in [2.05, 4.69) is 22.0 Å². The van der Waals surface area contributed by atoms with Crippen molar-refractivity contribution in [3.05, 3.63) is 0 Å². The summed E-state index contributed by atoms with van der Waals surface area (Å²) in [5, 5.41) is 3.46. The highest BCUT2D eigenvalue weighted by Crippen LogP contribution is 2.31. The number of nitrogens with zero attached hydrogens (tertiary/aromatic N) is 2. The molecule has 3 rings (SSSR count). The summed E-state index contributed by atoms with van der Waals surface area (Å²) in [6.07, 6.45) is 8.80. The van der Waals surface area contributed by atoms with Crippen LogP contribution in [0.4, 0.5) is 0 Å². The second-order valence-electron chi connectivity index (χ2n) is 7.10. The van der Waals surface area contributed by atoms with E-state index in [1.165, 1.54) is 44.9 Å². The number of nitrogens with one attached hydrogen (secondary N) is 1. The molecule has 1 N–H and O–H groups in total. The van der Waals surface area contributed by atoms with Crippen LogP contribution >= 0.6 is 0 Å². The van der Waals surface area contributed by atoms with Crippen LogP contribution in [0, 0.1) is 5.92 Å². The molecule has 0 radical (unpaired) electrons. The number of hydrogen-bond donors (Lipinski definition) is 1. The van der Waals surface area contributed by atoms with E-state index >= 15 is 0 Å². The lowest BCUT2D eigenvalue weighted by atomic mass is 9.88. The highest BCUT2D eigenvalue weighted by Gasteiger charge is 2.38. The minimum atomic E-state index is 0.0884. The molecule has 21 heavy (non-hydrogen) atoms. The fraction of sp³-hybridized carbons (Fsp3) is 0.941. The number of rotatable bonds is 3. The standard InChI is InChI=1S/C17H31N3O/c1-14(17(21)19-11-3-2-4-12-19)20-13-5-6-16(20)15-7-9-18-10-8-15/h14-16,18H,2-13H2,1H3. The number of amides is 1. The molecule has 3 fully saturated rings. The summed E-state index contributed by atoms with van der Waals surface area (Å²) in [6.45, 7) is 7.54. The van der Waals surface area contributed by atoms with E-state index in [0.717, 1.165) is 38.6 Å². The summed E-state index contributed by atoms with van der Waals surface area (Å²) in [7, 11) is 0. The maximum Gasteiger partial charge on any atom is 0.239 e. The Morgan fingerprint density at radius 1 is 1.00 bits per heavy atom. The van der Waals surface area contributed by atoms with Crippen molar-refractivity contribution in [1.82, 2.24) is 15.1 Å². The fourth-order valence-corrected chi connectivity index (χ4v) is 4.55. The molecule has 0 aliphatic carbocycles. The van der Waals surface area contributed by atoms with Gasteiger partial charge in [0.1, 0.15) is 0 Å². The molecule has 2 atom stereocenters. The van der Waals surface area contributed by atoms with Crippen LogP contribution in [0.1, 0.15) is 51.9 Å². The maximum atomic E-state index is 12.8. The van der Waals surface area contributed by atoms with Gasteiger partial charge in [0.25, 0.3) is 0 Å². The maximum absolute atomic E-state index is 12.8. The average molecular weight is 293 g/mol. The van der Waals surface area contributed by atoms with Crippen LogP contribution in [0.15, 0.2) is 0 Å². The predicted octanol–water partition coefficient (Wildman–Crippen LogP) is 1.85. The van der Waals surface area contributed by atoms with Gasteiger partial charge in [-0.2, -0.15) is 0 Å².